The summed E-state index contributed by atoms with van der Waals surface area (Å²) in [5.41, 5.74) is 2.03. The fourth-order valence-corrected chi connectivity index (χ4v) is 1.75. The van der Waals surface area contributed by atoms with Crippen molar-refractivity contribution in [3.05, 3.63) is 29.3 Å². The highest BCUT2D eigenvalue weighted by atomic mass is 35.5. The van der Waals surface area contributed by atoms with Gasteiger partial charge in [-0.15, -0.1) is 49.6 Å². The van der Waals surface area contributed by atoms with Crippen molar-refractivity contribution < 1.29 is 5.11 Å². The molecule has 1 aromatic carbocycles. The third kappa shape index (κ3) is 6.94. The largest absolute Gasteiger partial charge is 0.507 e. The summed E-state index contributed by atoms with van der Waals surface area (Å²) in [4.78, 5) is 0. The average Bonchev–Trinajstić information content (AvgIpc) is 1.99. The number of para-hydroxylation sites is 1. The van der Waals surface area contributed by atoms with E-state index < -0.39 is 0 Å². The van der Waals surface area contributed by atoms with E-state index in [2.05, 4.69) is 41.5 Å². The zero-order chi connectivity index (χ0) is 11.9. The molecule has 0 bridgehead atoms. The quantitative estimate of drug-likeness (QED) is 0.637. The summed E-state index contributed by atoms with van der Waals surface area (Å²) < 4.78 is 0. The van der Waals surface area contributed by atoms with Crippen LogP contribution in [0.3, 0.4) is 0 Å². The van der Waals surface area contributed by atoms with Gasteiger partial charge in [0.05, 0.1) is 0 Å². The standard InChI is InChI=1S/C14H22O.4ClH/c1-13(2,3)10-8-7-9-11(12(10)15)14(4,5)6;;;;/h7-9,15H,1-6H3;4*1H. The fraction of sp³-hybridized carbons (Fsp3) is 0.571. The summed E-state index contributed by atoms with van der Waals surface area (Å²) in [6.45, 7) is 12.7. The van der Waals surface area contributed by atoms with Crippen molar-refractivity contribution in [2.24, 2.45) is 0 Å². The van der Waals surface area contributed by atoms with Crippen molar-refractivity contribution in [2.45, 2.75) is 52.4 Å². The Morgan fingerprint density at radius 3 is 1.16 bits per heavy atom. The molecular formula is C14H26Cl4O. The molecule has 0 fully saturated rings. The summed E-state index contributed by atoms with van der Waals surface area (Å²) >= 11 is 0. The highest BCUT2D eigenvalue weighted by Gasteiger charge is 2.24. The summed E-state index contributed by atoms with van der Waals surface area (Å²) in [5.74, 6) is 0.456. The second-order valence-electron chi connectivity index (χ2n) is 6.20. The molecule has 19 heavy (non-hydrogen) atoms. The fourth-order valence-electron chi connectivity index (χ4n) is 1.75. The lowest BCUT2D eigenvalue weighted by Crippen LogP contribution is -2.16. The Morgan fingerprint density at radius 1 is 0.684 bits per heavy atom. The van der Waals surface area contributed by atoms with E-state index in [4.69, 9.17) is 0 Å². The molecule has 1 N–H and O–H groups in total. The van der Waals surface area contributed by atoms with E-state index in [0.29, 0.717) is 5.75 Å². The van der Waals surface area contributed by atoms with Gasteiger partial charge in [-0.25, -0.2) is 0 Å². The molecule has 0 aliphatic carbocycles. The van der Waals surface area contributed by atoms with Crippen molar-refractivity contribution in [3.63, 3.8) is 0 Å². The SMILES string of the molecule is CC(C)(C)c1cccc(C(C)(C)C)c1O.Cl.Cl.Cl.Cl. The molecule has 0 atom stereocenters. The smallest absolute Gasteiger partial charge is 0.123 e. The van der Waals surface area contributed by atoms with Crippen LogP contribution in [0, 0.1) is 0 Å². The van der Waals surface area contributed by atoms with Crippen molar-refractivity contribution >= 4 is 49.6 Å². The highest BCUT2D eigenvalue weighted by Crippen LogP contribution is 2.38. The first-order chi connectivity index (χ1) is 6.64. The molecule has 1 nitrogen and oxygen atoms in total. The predicted octanol–water partition coefficient (Wildman–Crippen LogP) is 5.67. The molecule has 1 rings (SSSR count). The van der Waals surface area contributed by atoms with E-state index >= 15 is 0 Å². The van der Waals surface area contributed by atoms with Crippen molar-refractivity contribution in [1.29, 1.82) is 0 Å². The maximum atomic E-state index is 10.3. The number of hydrogen-bond acceptors (Lipinski definition) is 1. The molecular weight excluding hydrogens is 326 g/mol. The predicted molar refractivity (Wildman–Crippen MR) is 94.5 cm³/mol. The van der Waals surface area contributed by atoms with Gasteiger partial charge in [-0.05, 0) is 22.0 Å². The van der Waals surface area contributed by atoms with Crippen LogP contribution in [0.15, 0.2) is 18.2 Å². The molecule has 0 saturated heterocycles. The van der Waals surface area contributed by atoms with Gasteiger partial charge in [0, 0.05) is 0 Å². The van der Waals surface area contributed by atoms with E-state index in [1.807, 2.05) is 18.2 Å². The van der Waals surface area contributed by atoms with E-state index in [0.717, 1.165) is 11.1 Å². The molecule has 0 aliphatic rings. The molecule has 0 aliphatic heterocycles. The van der Waals surface area contributed by atoms with Crippen LogP contribution in [0.2, 0.25) is 0 Å². The Balaban J connectivity index is -0.000000281. The van der Waals surface area contributed by atoms with E-state index in [9.17, 15) is 5.11 Å². The van der Waals surface area contributed by atoms with Crippen LogP contribution in [0.25, 0.3) is 0 Å². The van der Waals surface area contributed by atoms with Crippen LogP contribution < -0.4 is 0 Å². The second kappa shape index (κ2) is 9.18. The molecule has 5 heteroatoms. The summed E-state index contributed by atoms with van der Waals surface area (Å²) in [7, 11) is 0. The molecule has 0 heterocycles. The van der Waals surface area contributed by atoms with Gasteiger partial charge in [0.25, 0.3) is 0 Å². The Morgan fingerprint density at radius 2 is 0.947 bits per heavy atom. The number of rotatable bonds is 0. The maximum Gasteiger partial charge on any atom is 0.123 e. The number of hydrogen-bond donors (Lipinski definition) is 1. The zero-order valence-electron chi connectivity index (χ0n) is 12.3. The molecule has 0 radical (unpaired) electrons. The number of benzene rings is 1. The summed E-state index contributed by atoms with van der Waals surface area (Å²) in [6, 6.07) is 6.04. The van der Waals surface area contributed by atoms with Gasteiger partial charge in [-0.3, -0.25) is 0 Å². The van der Waals surface area contributed by atoms with Crippen LogP contribution in [0.1, 0.15) is 52.7 Å². The maximum absolute atomic E-state index is 10.3. The molecule has 0 unspecified atom stereocenters. The first-order valence-corrected chi connectivity index (χ1v) is 5.47. The Kier molecular flexibility index (Phi) is 13.3. The van der Waals surface area contributed by atoms with Crippen LogP contribution in [-0.4, -0.2) is 5.11 Å². The molecule has 1 aromatic rings. The normalized spacial score (nSPS) is 10.2. The van der Waals surface area contributed by atoms with Gasteiger partial charge in [-0.1, -0.05) is 59.7 Å². The van der Waals surface area contributed by atoms with Crippen molar-refractivity contribution in [2.75, 3.05) is 0 Å². The van der Waals surface area contributed by atoms with Crippen LogP contribution in [0.4, 0.5) is 0 Å². The lowest BCUT2D eigenvalue weighted by atomic mass is 9.80. The second-order valence-corrected chi connectivity index (χ2v) is 6.20. The third-order valence-electron chi connectivity index (χ3n) is 2.65. The molecule has 0 spiro atoms. The minimum atomic E-state index is -0.00859. The van der Waals surface area contributed by atoms with Crippen LogP contribution in [0.5, 0.6) is 5.75 Å². The zero-order valence-corrected chi connectivity index (χ0v) is 15.6. The van der Waals surface area contributed by atoms with Gasteiger partial charge in [-0.2, -0.15) is 0 Å². The minimum Gasteiger partial charge on any atom is -0.507 e. The number of halogens is 4. The Bertz CT molecular complexity index is 332. The lowest BCUT2D eigenvalue weighted by Gasteiger charge is -2.26. The van der Waals surface area contributed by atoms with E-state index in [1.54, 1.807) is 0 Å². The van der Waals surface area contributed by atoms with Gasteiger partial charge in [0.15, 0.2) is 0 Å². The number of phenolic OH excluding ortho intramolecular Hbond substituents is 1. The van der Waals surface area contributed by atoms with Crippen molar-refractivity contribution in [3.8, 4) is 5.75 Å². The third-order valence-corrected chi connectivity index (χ3v) is 2.65. The van der Waals surface area contributed by atoms with Gasteiger partial charge in [0.1, 0.15) is 5.75 Å². The topological polar surface area (TPSA) is 20.2 Å². The van der Waals surface area contributed by atoms with Gasteiger partial charge < -0.3 is 5.11 Å². The van der Waals surface area contributed by atoms with Gasteiger partial charge >= 0.3 is 0 Å². The van der Waals surface area contributed by atoms with Crippen molar-refractivity contribution in [1.82, 2.24) is 0 Å². The first kappa shape index (κ1) is 27.5. The van der Waals surface area contributed by atoms with E-state index in [-0.39, 0.29) is 60.5 Å². The van der Waals surface area contributed by atoms with Crippen LogP contribution in [-0.2, 0) is 10.8 Å². The average molecular weight is 352 g/mol. The monoisotopic (exact) mass is 350 g/mol. The molecule has 116 valence electrons. The van der Waals surface area contributed by atoms with E-state index in [1.165, 1.54) is 0 Å². The molecule has 0 saturated carbocycles. The first-order valence-electron chi connectivity index (χ1n) is 5.47. The Labute approximate surface area is 142 Å². The van der Waals surface area contributed by atoms with Crippen LogP contribution >= 0.6 is 49.6 Å². The highest BCUT2D eigenvalue weighted by molar-refractivity contribution is 5.86. The number of phenols is 1. The lowest BCUT2D eigenvalue weighted by molar-refractivity contribution is 0.423. The summed E-state index contributed by atoms with van der Waals surface area (Å²) in [6.07, 6.45) is 0. The van der Waals surface area contributed by atoms with Gasteiger partial charge in [0.2, 0.25) is 0 Å². The molecule has 0 amide bonds. The minimum absolute atomic E-state index is 0. The summed E-state index contributed by atoms with van der Waals surface area (Å²) in [5, 5.41) is 10.3. The Hall–Kier alpha value is 0.180. The number of aromatic hydroxyl groups is 1. The molecule has 0 aromatic heterocycles.